The van der Waals surface area contributed by atoms with Crippen molar-refractivity contribution >= 4 is 17.4 Å². The van der Waals surface area contributed by atoms with Crippen LogP contribution in [0.1, 0.15) is 29.6 Å². The lowest BCUT2D eigenvalue weighted by molar-refractivity contribution is 0.0855. The number of hydrogen-bond acceptors (Lipinski definition) is 2. The number of halogens is 1. The Morgan fingerprint density at radius 3 is 2.85 bits per heavy atom. The minimum absolute atomic E-state index is 0.157. The number of ketones is 1. The molecule has 0 aromatic carbocycles. The Morgan fingerprint density at radius 2 is 2.31 bits per heavy atom. The molecular formula is C10H10ClNO. The molecule has 0 spiro atoms. The average Bonchev–Trinajstić information content (AvgIpc) is 2.01. The highest BCUT2D eigenvalue weighted by Crippen LogP contribution is 2.31. The zero-order valence-electron chi connectivity index (χ0n) is 7.16. The molecule has 0 saturated heterocycles. The smallest absolute Gasteiger partial charge is 0.169 e. The second-order valence-electron chi connectivity index (χ2n) is 3.33. The lowest BCUT2D eigenvalue weighted by Gasteiger charge is -2.23. The van der Waals surface area contributed by atoms with Crippen molar-refractivity contribution < 1.29 is 4.79 Å². The van der Waals surface area contributed by atoms with E-state index in [4.69, 9.17) is 11.6 Å². The molecule has 1 aliphatic carbocycles. The van der Waals surface area contributed by atoms with Crippen molar-refractivity contribution in [3.63, 3.8) is 0 Å². The van der Waals surface area contributed by atoms with E-state index in [-0.39, 0.29) is 11.7 Å². The monoisotopic (exact) mass is 195 g/mol. The van der Waals surface area contributed by atoms with Crippen LogP contribution in [-0.2, 0) is 0 Å². The van der Waals surface area contributed by atoms with Crippen molar-refractivity contribution in [1.29, 1.82) is 0 Å². The molecule has 1 aromatic rings. The standard InChI is InChI=1S/C10H10ClNO/c11-10-8(5-2-6-12-10)9(13)7-3-1-4-7/h2,5-7H,1,3-4H2. The number of carbonyl (C=O) groups is 1. The summed E-state index contributed by atoms with van der Waals surface area (Å²) < 4.78 is 0. The van der Waals surface area contributed by atoms with Crippen LogP contribution in [-0.4, -0.2) is 10.8 Å². The van der Waals surface area contributed by atoms with Gasteiger partial charge in [0.1, 0.15) is 5.15 Å². The van der Waals surface area contributed by atoms with Crippen LogP contribution in [0.2, 0.25) is 5.15 Å². The fourth-order valence-electron chi connectivity index (χ4n) is 1.46. The molecule has 1 aliphatic rings. The number of hydrogen-bond donors (Lipinski definition) is 0. The van der Waals surface area contributed by atoms with E-state index in [2.05, 4.69) is 4.98 Å². The third kappa shape index (κ3) is 1.59. The number of nitrogens with zero attached hydrogens (tertiary/aromatic N) is 1. The van der Waals surface area contributed by atoms with Gasteiger partial charge in [-0.15, -0.1) is 0 Å². The van der Waals surface area contributed by atoms with Crippen LogP contribution in [0.15, 0.2) is 18.3 Å². The molecule has 0 amide bonds. The number of rotatable bonds is 2. The van der Waals surface area contributed by atoms with Gasteiger partial charge in [0.15, 0.2) is 5.78 Å². The molecule has 0 unspecified atom stereocenters. The minimum atomic E-state index is 0.157. The first-order chi connectivity index (χ1) is 6.29. The number of aromatic nitrogens is 1. The molecule has 2 nitrogen and oxygen atoms in total. The predicted molar refractivity (Wildman–Crippen MR) is 50.9 cm³/mol. The largest absolute Gasteiger partial charge is 0.294 e. The first-order valence-electron chi connectivity index (χ1n) is 4.44. The molecule has 0 bridgehead atoms. The summed E-state index contributed by atoms with van der Waals surface area (Å²) in [5.74, 6) is 0.353. The van der Waals surface area contributed by atoms with Crippen LogP contribution in [0.25, 0.3) is 0 Å². The Hall–Kier alpha value is -0.890. The Morgan fingerprint density at radius 1 is 1.54 bits per heavy atom. The van der Waals surface area contributed by atoms with Gasteiger partial charge < -0.3 is 0 Å². The molecule has 1 saturated carbocycles. The van der Waals surface area contributed by atoms with Gasteiger partial charge in [0, 0.05) is 12.1 Å². The fourth-order valence-corrected chi connectivity index (χ4v) is 1.67. The molecule has 0 atom stereocenters. The lowest BCUT2D eigenvalue weighted by Crippen LogP contribution is -2.22. The second-order valence-corrected chi connectivity index (χ2v) is 3.69. The van der Waals surface area contributed by atoms with Gasteiger partial charge in [-0.25, -0.2) is 4.98 Å². The van der Waals surface area contributed by atoms with E-state index < -0.39 is 0 Å². The van der Waals surface area contributed by atoms with Gasteiger partial charge >= 0.3 is 0 Å². The normalized spacial score (nSPS) is 16.7. The van der Waals surface area contributed by atoms with E-state index in [9.17, 15) is 4.79 Å². The topological polar surface area (TPSA) is 30.0 Å². The molecule has 0 N–H and O–H groups in total. The van der Waals surface area contributed by atoms with Crippen molar-refractivity contribution in [2.24, 2.45) is 5.92 Å². The van der Waals surface area contributed by atoms with Crippen molar-refractivity contribution in [2.45, 2.75) is 19.3 Å². The molecule has 0 radical (unpaired) electrons. The summed E-state index contributed by atoms with van der Waals surface area (Å²) >= 11 is 5.81. The van der Waals surface area contributed by atoms with Crippen LogP contribution < -0.4 is 0 Å². The molecule has 68 valence electrons. The highest BCUT2D eigenvalue weighted by atomic mass is 35.5. The van der Waals surface area contributed by atoms with Crippen LogP contribution in [0, 0.1) is 5.92 Å². The van der Waals surface area contributed by atoms with Gasteiger partial charge in [0.2, 0.25) is 0 Å². The molecule has 3 heteroatoms. The average molecular weight is 196 g/mol. The molecule has 1 heterocycles. The molecule has 1 fully saturated rings. The van der Waals surface area contributed by atoms with E-state index in [1.807, 2.05) is 0 Å². The maximum atomic E-state index is 11.7. The summed E-state index contributed by atoms with van der Waals surface area (Å²) in [6.07, 6.45) is 4.77. The maximum absolute atomic E-state index is 11.7. The van der Waals surface area contributed by atoms with Crippen molar-refractivity contribution in [2.75, 3.05) is 0 Å². The third-order valence-electron chi connectivity index (χ3n) is 2.50. The summed E-state index contributed by atoms with van der Waals surface area (Å²) in [7, 11) is 0. The number of Topliss-reactive ketones (excluding diaryl/α,β-unsaturated/α-hetero) is 1. The summed E-state index contributed by atoms with van der Waals surface area (Å²) in [6, 6.07) is 3.49. The molecule has 13 heavy (non-hydrogen) atoms. The molecule has 0 aliphatic heterocycles. The minimum Gasteiger partial charge on any atom is -0.294 e. The van der Waals surface area contributed by atoms with Gasteiger partial charge in [-0.05, 0) is 25.0 Å². The Bertz CT molecular complexity index is 333. The van der Waals surface area contributed by atoms with Gasteiger partial charge in [0.25, 0.3) is 0 Å². The van der Waals surface area contributed by atoms with Crippen LogP contribution >= 0.6 is 11.6 Å². The van der Waals surface area contributed by atoms with Gasteiger partial charge in [-0.3, -0.25) is 4.79 Å². The number of carbonyl (C=O) groups excluding carboxylic acids is 1. The third-order valence-corrected chi connectivity index (χ3v) is 2.80. The Balaban J connectivity index is 2.24. The van der Waals surface area contributed by atoms with Gasteiger partial charge in [0.05, 0.1) is 5.56 Å². The summed E-state index contributed by atoms with van der Waals surface area (Å²) in [5, 5.41) is 0.333. The van der Waals surface area contributed by atoms with Crippen LogP contribution in [0.5, 0.6) is 0 Å². The quantitative estimate of drug-likeness (QED) is 0.537. The van der Waals surface area contributed by atoms with E-state index >= 15 is 0 Å². The van der Waals surface area contributed by atoms with Crippen molar-refractivity contribution in [1.82, 2.24) is 4.98 Å². The van der Waals surface area contributed by atoms with Crippen molar-refractivity contribution in [3.8, 4) is 0 Å². The zero-order chi connectivity index (χ0) is 9.26. The van der Waals surface area contributed by atoms with Crippen LogP contribution in [0.4, 0.5) is 0 Å². The lowest BCUT2D eigenvalue weighted by atomic mass is 9.80. The maximum Gasteiger partial charge on any atom is 0.169 e. The first-order valence-corrected chi connectivity index (χ1v) is 4.81. The van der Waals surface area contributed by atoms with E-state index in [1.165, 1.54) is 0 Å². The Labute approximate surface area is 81.9 Å². The SMILES string of the molecule is O=C(c1cccnc1Cl)C1CCC1. The summed E-state index contributed by atoms with van der Waals surface area (Å²) in [5.41, 5.74) is 0.578. The fraction of sp³-hybridized carbons (Fsp3) is 0.400. The zero-order valence-corrected chi connectivity index (χ0v) is 7.92. The highest BCUT2D eigenvalue weighted by Gasteiger charge is 2.27. The second kappa shape index (κ2) is 3.46. The van der Waals surface area contributed by atoms with Crippen LogP contribution in [0.3, 0.4) is 0 Å². The number of pyridine rings is 1. The first kappa shape index (κ1) is 8.70. The molecule has 2 rings (SSSR count). The van der Waals surface area contributed by atoms with E-state index in [0.29, 0.717) is 10.7 Å². The summed E-state index contributed by atoms with van der Waals surface area (Å²) in [4.78, 5) is 15.6. The summed E-state index contributed by atoms with van der Waals surface area (Å²) in [6.45, 7) is 0. The molecule has 1 aromatic heterocycles. The Kier molecular flexibility index (Phi) is 2.32. The van der Waals surface area contributed by atoms with Gasteiger partial charge in [-0.2, -0.15) is 0 Å². The van der Waals surface area contributed by atoms with Gasteiger partial charge in [-0.1, -0.05) is 18.0 Å². The predicted octanol–water partition coefficient (Wildman–Crippen LogP) is 2.72. The highest BCUT2D eigenvalue weighted by molar-refractivity contribution is 6.32. The van der Waals surface area contributed by atoms with E-state index in [1.54, 1.807) is 18.3 Å². The van der Waals surface area contributed by atoms with Crippen molar-refractivity contribution in [3.05, 3.63) is 29.0 Å². The molecular weight excluding hydrogens is 186 g/mol. The van der Waals surface area contributed by atoms with E-state index in [0.717, 1.165) is 19.3 Å².